The molecule has 8 nitrogen and oxygen atoms in total. The molecule has 1 aromatic carbocycles. The number of carboxylic acids is 1. The highest BCUT2D eigenvalue weighted by molar-refractivity contribution is 5.84. The number of nitro benzene ring substituents is 1. The molecule has 8 heteroatoms. The molecule has 1 aliphatic heterocycles. The van der Waals surface area contributed by atoms with Crippen molar-refractivity contribution in [3.8, 4) is 0 Å². The van der Waals surface area contributed by atoms with Gasteiger partial charge >= 0.3 is 5.97 Å². The lowest BCUT2D eigenvalue weighted by Gasteiger charge is -2.21. The Morgan fingerprint density at radius 3 is 2.65 bits per heavy atom. The fourth-order valence-corrected chi connectivity index (χ4v) is 2.64. The first kappa shape index (κ1) is 16.7. The van der Waals surface area contributed by atoms with E-state index < -0.39 is 16.9 Å². The Labute approximate surface area is 133 Å². The number of anilines is 1. The Morgan fingerprint density at radius 2 is 2.04 bits per heavy atom. The molecular weight excluding hydrogens is 302 g/mol. The van der Waals surface area contributed by atoms with Crippen LogP contribution in [0.4, 0.5) is 11.4 Å². The third-order valence-corrected chi connectivity index (χ3v) is 3.83. The summed E-state index contributed by atoms with van der Waals surface area (Å²) in [5.74, 6) is -1.08. The number of hydrogen-bond acceptors (Lipinski definition) is 5. The van der Waals surface area contributed by atoms with Gasteiger partial charge in [-0.25, -0.2) is 4.79 Å². The van der Waals surface area contributed by atoms with Crippen molar-refractivity contribution >= 4 is 23.3 Å². The van der Waals surface area contributed by atoms with E-state index in [4.69, 9.17) is 5.11 Å². The molecule has 1 aliphatic rings. The number of likely N-dealkylation sites (tertiary alicyclic amines) is 1. The summed E-state index contributed by atoms with van der Waals surface area (Å²) in [5.41, 5.74) is 0.770. The van der Waals surface area contributed by atoms with E-state index in [-0.39, 0.29) is 18.0 Å². The molecular formula is C15H19N3O5. The van der Waals surface area contributed by atoms with Crippen LogP contribution in [0.3, 0.4) is 0 Å². The highest BCUT2D eigenvalue weighted by Gasteiger charge is 2.33. The molecule has 0 bridgehead atoms. The van der Waals surface area contributed by atoms with Gasteiger partial charge in [0.25, 0.3) is 5.69 Å². The lowest BCUT2D eigenvalue weighted by atomic mass is 10.2. The van der Waals surface area contributed by atoms with Gasteiger partial charge in [0.1, 0.15) is 6.04 Å². The predicted molar refractivity (Wildman–Crippen MR) is 83.2 cm³/mol. The monoisotopic (exact) mass is 321 g/mol. The van der Waals surface area contributed by atoms with E-state index in [9.17, 15) is 19.7 Å². The van der Waals surface area contributed by atoms with Crippen LogP contribution < -0.4 is 5.32 Å². The Balaban J connectivity index is 1.73. The van der Waals surface area contributed by atoms with E-state index in [1.54, 1.807) is 12.1 Å². The first-order valence-corrected chi connectivity index (χ1v) is 7.49. The van der Waals surface area contributed by atoms with E-state index >= 15 is 0 Å². The number of nitrogens with one attached hydrogen (secondary N) is 1. The number of non-ortho nitro benzene ring substituents is 1. The van der Waals surface area contributed by atoms with Gasteiger partial charge in [-0.3, -0.25) is 14.9 Å². The second-order valence-corrected chi connectivity index (χ2v) is 5.42. The van der Waals surface area contributed by atoms with Crippen LogP contribution in [0.25, 0.3) is 0 Å². The van der Waals surface area contributed by atoms with Crippen LogP contribution in [0.1, 0.15) is 25.7 Å². The summed E-state index contributed by atoms with van der Waals surface area (Å²) in [4.78, 5) is 34.6. The maximum atomic E-state index is 12.1. The molecule has 1 amide bonds. The van der Waals surface area contributed by atoms with Crippen molar-refractivity contribution < 1.29 is 19.6 Å². The lowest BCUT2D eigenvalue weighted by Crippen LogP contribution is -2.40. The summed E-state index contributed by atoms with van der Waals surface area (Å²) in [6.07, 6.45) is 2.09. The largest absolute Gasteiger partial charge is 0.480 e. The second kappa shape index (κ2) is 7.57. The molecule has 1 fully saturated rings. The van der Waals surface area contributed by atoms with Crippen molar-refractivity contribution in [2.75, 3.05) is 18.4 Å². The van der Waals surface area contributed by atoms with Crippen molar-refractivity contribution in [3.05, 3.63) is 34.4 Å². The zero-order chi connectivity index (χ0) is 16.8. The van der Waals surface area contributed by atoms with Crippen molar-refractivity contribution in [2.24, 2.45) is 0 Å². The third kappa shape index (κ3) is 4.41. The maximum absolute atomic E-state index is 12.1. The highest BCUT2D eigenvalue weighted by Crippen LogP contribution is 2.19. The summed E-state index contributed by atoms with van der Waals surface area (Å²) in [5, 5.41) is 22.7. The number of carbonyl (C=O) groups is 2. The molecule has 0 aromatic heterocycles. The number of carboxylic acid groups (broad SMARTS) is 1. The van der Waals surface area contributed by atoms with Gasteiger partial charge in [-0.2, -0.15) is 0 Å². The Kier molecular flexibility index (Phi) is 5.51. The average molecular weight is 321 g/mol. The molecule has 0 saturated carbocycles. The topological polar surface area (TPSA) is 113 Å². The Bertz CT molecular complexity index is 587. The fraction of sp³-hybridized carbons (Fsp3) is 0.467. The van der Waals surface area contributed by atoms with Crippen molar-refractivity contribution in [2.45, 2.75) is 31.7 Å². The number of rotatable bonds is 7. The number of nitrogens with zero attached hydrogens (tertiary/aromatic N) is 2. The molecule has 124 valence electrons. The van der Waals surface area contributed by atoms with Gasteiger partial charge in [-0.15, -0.1) is 0 Å². The maximum Gasteiger partial charge on any atom is 0.326 e. The van der Waals surface area contributed by atoms with Gasteiger partial charge in [0.15, 0.2) is 0 Å². The van der Waals surface area contributed by atoms with Gasteiger partial charge in [0, 0.05) is 37.3 Å². The zero-order valence-corrected chi connectivity index (χ0v) is 12.6. The third-order valence-electron chi connectivity index (χ3n) is 3.83. The second-order valence-electron chi connectivity index (χ2n) is 5.42. The van der Waals surface area contributed by atoms with Crippen molar-refractivity contribution in [3.63, 3.8) is 0 Å². The van der Waals surface area contributed by atoms with Crippen molar-refractivity contribution in [1.29, 1.82) is 0 Å². The van der Waals surface area contributed by atoms with Crippen molar-refractivity contribution in [1.82, 2.24) is 4.90 Å². The molecule has 1 unspecified atom stereocenters. The Hall–Kier alpha value is -2.64. The lowest BCUT2D eigenvalue weighted by molar-refractivity contribution is -0.384. The van der Waals surface area contributed by atoms with Crippen LogP contribution in [0.5, 0.6) is 0 Å². The molecule has 0 aliphatic carbocycles. The minimum atomic E-state index is -0.945. The first-order valence-electron chi connectivity index (χ1n) is 7.49. The van der Waals surface area contributed by atoms with E-state index in [1.165, 1.54) is 17.0 Å². The molecule has 1 heterocycles. The molecule has 1 aromatic rings. The van der Waals surface area contributed by atoms with E-state index in [0.29, 0.717) is 25.9 Å². The number of aliphatic carboxylic acids is 1. The molecule has 1 atom stereocenters. The fourth-order valence-electron chi connectivity index (χ4n) is 2.64. The summed E-state index contributed by atoms with van der Waals surface area (Å²) < 4.78 is 0. The minimum absolute atomic E-state index is 0.0273. The van der Waals surface area contributed by atoms with Crippen LogP contribution in [0.15, 0.2) is 24.3 Å². The average Bonchev–Trinajstić information content (AvgIpc) is 3.01. The predicted octanol–water partition coefficient (Wildman–Crippen LogP) is 1.86. The number of nitro groups is 1. The zero-order valence-electron chi connectivity index (χ0n) is 12.6. The minimum Gasteiger partial charge on any atom is -0.480 e. The number of amides is 1. The SMILES string of the molecule is O=C(O)C1CCCN1C(=O)CCCNc1ccc([N+](=O)[O-])cc1. The molecule has 0 radical (unpaired) electrons. The van der Waals surface area contributed by atoms with Gasteiger partial charge < -0.3 is 15.3 Å². The number of benzene rings is 1. The Morgan fingerprint density at radius 1 is 1.35 bits per heavy atom. The molecule has 1 saturated heterocycles. The number of hydrogen-bond donors (Lipinski definition) is 2. The molecule has 0 spiro atoms. The quantitative estimate of drug-likeness (QED) is 0.450. The van der Waals surface area contributed by atoms with E-state index in [2.05, 4.69) is 5.32 Å². The highest BCUT2D eigenvalue weighted by atomic mass is 16.6. The van der Waals surface area contributed by atoms with Crippen LogP contribution in [-0.4, -0.2) is 45.9 Å². The standard InChI is InChI=1S/C15H19N3O5/c19-14(17-10-2-3-13(17)15(20)21)4-1-9-16-11-5-7-12(8-6-11)18(22)23/h5-8,13,16H,1-4,9-10H2,(H,20,21). The van der Waals surface area contributed by atoms with E-state index in [1.807, 2.05) is 0 Å². The normalized spacial score (nSPS) is 17.0. The van der Waals surface area contributed by atoms with Crippen LogP contribution in [0, 0.1) is 10.1 Å². The summed E-state index contributed by atoms with van der Waals surface area (Å²) in [7, 11) is 0. The molecule has 23 heavy (non-hydrogen) atoms. The summed E-state index contributed by atoms with van der Waals surface area (Å²) in [6.45, 7) is 1.04. The smallest absolute Gasteiger partial charge is 0.326 e. The summed E-state index contributed by atoms with van der Waals surface area (Å²) in [6, 6.07) is 5.36. The molecule has 2 rings (SSSR count). The van der Waals surface area contributed by atoms with Crippen LogP contribution in [0.2, 0.25) is 0 Å². The van der Waals surface area contributed by atoms with Gasteiger partial charge in [-0.05, 0) is 31.4 Å². The summed E-state index contributed by atoms with van der Waals surface area (Å²) >= 11 is 0. The van der Waals surface area contributed by atoms with Gasteiger partial charge in [0.05, 0.1) is 4.92 Å². The van der Waals surface area contributed by atoms with Crippen LogP contribution >= 0.6 is 0 Å². The number of carbonyl (C=O) groups excluding carboxylic acids is 1. The van der Waals surface area contributed by atoms with E-state index in [0.717, 1.165) is 12.1 Å². The van der Waals surface area contributed by atoms with Gasteiger partial charge in [0.2, 0.25) is 5.91 Å². The first-order chi connectivity index (χ1) is 11.0. The molecule has 2 N–H and O–H groups in total. The van der Waals surface area contributed by atoms with Crippen LogP contribution in [-0.2, 0) is 9.59 Å². The van der Waals surface area contributed by atoms with Gasteiger partial charge in [-0.1, -0.05) is 0 Å².